The van der Waals surface area contributed by atoms with E-state index in [-0.39, 0.29) is 22.9 Å². The first-order valence-electron chi connectivity index (χ1n) is 16.5. The van der Waals surface area contributed by atoms with Crippen LogP contribution in [0.3, 0.4) is 0 Å². The first-order valence-corrected chi connectivity index (χ1v) is 16.5. The van der Waals surface area contributed by atoms with Gasteiger partial charge in [0.15, 0.2) is 6.10 Å². The van der Waals surface area contributed by atoms with Gasteiger partial charge in [-0.25, -0.2) is 0 Å². The molecule has 13 heteroatoms. The second-order valence-electron chi connectivity index (χ2n) is 12.7. The van der Waals surface area contributed by atoms with E-state index >= 15 is 0 Å². The zero-order chi connectivity index (χ0) is 35.5. The lowest BCUT2D eigenvalue weighted by Gasteiger charge is -2.27. The number of rotatable bonds is 13. The molecule has 2 amide bonds. The molecule has 1 saturated heterocycles. The molecule has 49 heavy (non-hydrogen) atoms. The number of anilines is 2. The summed E-state index contributed by atoms with van der Waals surface area (Å²) in [6.07, 6.45) is -1.61. The quantitative estimate of drug-likeness (QED) is 0.122. The molecule has 1 heterocycles. The van der Waals surface area contributed by atoms with Gasteiger partial charge in [0.05, 0.1) is 37.1 Å². The van der Waals surface area contributed by atoms with Crippen molar-refractivity contribution in [3.05, 3.63) is 82.4 Å². The van der Waals surface area contributed by atoms with E-state index in [4.69, 9.17) is 5.11 Å². The molecule has 1 unspecified atom stereocenters. The van der Waals surface area contributed by atoms with Crippen LogP contribution in [0.5, 0.6) is 11.5 Å². The third-order valence-corrected chi connectivity index (χ3v) is 8.70. The number of aromatic hydroxyl groups is 2. The molecule has 1 aliphatic heterocycles. The van der Waals surface area contributed by atoms with Crippen LogP contribution < -0.4 is 10.6 Å². The fourth-order valence-electron chi connectivity index (χ4n) is 5.88. The zero-order valence-corrected chi connectivity index (χ0v) is 28.2. The Labute approximate surface area is 287 Å². The minimum absolute atomic E-state index is 0.0722. The van der Waals surface area contributed by atoms with Crippen molar-refractivity contribution >= 4 is 23.2 Å². The number of phenols is 2. The highest BCUT2D eigenvalue weighted by atomic mass is 16.3. The molecule has 4 rings (SSSR count). The number of aliphatic hydroxyl groups excluding tert-OH is 4. The van der Waals surface area contributed by atoms with Crippen LogP contribution in [0.2, 0.25) is 0 Å². The summed E-state index contributed by atoms with van der Waals surface area (Å²) in [4.78, 5) is 31.7. The van der Waals surface area contributed by atoms with Gasteiger partial charge in [-0.1, -0.05) is 42.5 Å². The normalized spacial score (nSPS) is 15.7. The average Bonchev–Trinajstić information content (AvgIpc) is 3.17. The van der Waals surface area contributed by atoms with Crippen LogP contribution >= 0.6 is 0 Å². The van der Waals surface area contributed by atoms with Crippen molar-refractivity contribution in [1.82, 2.24) is 14.7 Å². The highest BCUT2D eigenvalue weighted by Gasteiger charge is 2.23. The summed E-state index contributed by atoms with van der Waals surface area (Å²) in [5, 5.41) is 65.3. The molecule has 0 bridgehead atoms. The van der Waals surface area contributed by atoms with Gasteiger partial charge in [-0.05, 0) is 42.7 Å². The summed E-state index contributed by atoms with van der Waals surface area (Å²) in [6.45, 7) is 7.62. The van der Waals surface area contributed by atoms with E-state index in [2.05, 4.69) is 37.5 Å². The van der Waals surface area contributed by atoms with Crippen molar-refractivity contribution in [3.8, 4) is 11.5 Å². The van der Waals surface area contributed by atoms with Crippen LogP contribution in [0.25, 0.3) is 0 Å². The number of carbonyl (C=O) groups is 2. The van der Waals surface area contributed by atoms with E-state index in [1.54, 1.807) is 12.1 Å². The number of aliphatic hydroxyl groups is 4. The van der Waals surface area contributed by atoms with Gasteiger partial charge in [0.25, 0.3) is 5.91 Å². The predicted molar refractivity (Wildman–Crippen MR) is 186 cm³/mol. The topological polar surface area (TPSA) is 189 Å². The molecule has 1 aliphatic rings. The summed E-state index contributed by atoms with van der Waals surface area (Å²) < 4.78 is 0. The second kappa shape index (κ2) is 18.1. The molecule has 0 radical (unpaired) electrons. The van der Waals surface area contributed by atoms with Crippen LogP contribution in [-0.4, -0.2) is 122 Å². The SMILES string of the molecule is Cc1cc(CN2CCN(Cc3ccccc3)CCN(Cc3cc(C)cc(NC(=O)C(CO)CO)c3O)CC2)c(O)c(NC(=O)C(O)CO)c1. The van der Waals surface area contributed by atoms with Crippen LogP contribution in [0, 0.1) is 19.8 Å². The molecule has 0 saturated carbocycles. The number of nitrogens with one attached hydrogen (secondary N) is 2. The number of hydrogen-bond donors (Lipinski definition) is 8. The molecular formula is C36H49N5O8. The maximum Gasteiger partial charge on any atom is 0.255 e. The highest BCUT2D eigenvalue weighted by Crippen LogP contribution is 2.32. The van der Waals surface area contributed by atoms with Gasteiger partial charge in [0, 0.05) is 70.0 Å². The Morgan fingerprint density at radius 1 is 0.653 bits per heavy atom. The van der Waals surface area contributed by atoms with Gasteiger partial charge < -0.3 is 41.3 Å². The lowest BCUT2D eigenvalue weighted by atomic mass is 10.1. The number of phenolic OH excluding ortho intramolecular Hbond substituents is 2. The van der Waals surface area contributed by atoms with Crippen molar-refractivity contribution in [2.75, 3.05) is 69.7 Å². The minimum atomic E-state index is -1.61. The lowest BCUT2D eigenvalue weighted by Crippen LogP contribution is -2.35. The lowest BCUT2D eigenvalue weighted by molar-refractivity contribution is -0.125. The summed E-state index contributed by atoms with van der Waals surface area (Å²) in [5.74, 6) is -2.58. The third kappa shape index (κ3) is 10.7. The third-order valence-electron chi connectivity index (χ3n) is 8.70. The Hall–Kier alpha value is -4.08. The fraction of sp³-hybridized carbons (Fsp3) is 0.444. The van der Waals surface area contributed by atoms with E-state index in [0.717, 1.165) is 30.8 Å². The number of hydrogen-bond acceptors (Lipinski definition) is 11. The number of aryl methyl sites for hydroxylation is 2. The Kier molecular flexibility index (Phi) is 13.9. The van der Waals surface area contributed by atoms with Gasteiger partial charge in [-0.15, -0.1) is 0 Å². The fourth-order valence-corrected chi connectivity index (χ4v) is 5.88. The van der Waals surface area contributed by atoms with Crippen molar-refractivity contribution in [1.29, 1.82) is 0 Å². The van der Waals surface area contributed by atoms with Crippen molar-refractivity contribution in [2.24, 2.45) is 5.92 Å². The maximum absolute atomic E-state index is 12.6. The largest absolute Gasteiger partial charge is 0.505 e. The number of nitrogens with zero attached hydrogens (tertiary/aromatic N) is 3. The van der Waals surface area contributed by atoms with E-state index in [1.165, 1.54) is 5.56 Å². The summed E-state index contributed by atoms with van der Waals surface area (Å²) in [5.41, 5.74) is 4.42. The van der Waals surface area contributed by atoms with Gasteiger partial charge in [-0.3, -0.25) is 24.3 Å². The van der Waals surface area contributed by atoms with E-state index in [1.807, 2.05) is 44.2 Å². The maximum atomic E-state index is 12.6. The first-order chi connectivity index (χ1) is 23.5. The van der Waals surface area contributed by atoms with Crippen molar-refractivity contribution in [2.45, 2.75) is 39.6 Å². The molecule has 13 nitrogen and oxygen atoms in total. The number of carbonyl (C=O) groups excluding carboxylic acids is 2. The standard InChI is InChI=1S/C36H49N5O8/c1-24-14-27(33(46)30(16-24)37-35(48)29(21-42)22-43)19-40-10-8-39(18-26-6-4-3-5-7-26)9-11-41(13-12-40)20-28-15-25(2)17-31(34(28)47)38-36(49)32(45)23-44/h3-7,14-17,29,32,42-47H,8-13,18-23H2,1-2H3,(H,37,48)(H,38,49). The molecule has 0 aromatic heterocycles. The Morgan fingerprint density at radius 3 is 1.51 bits per heavy atom. The van der Waals surface area contributed by atoms with Crippen LogP contribution in [0.1, 0.15) is 27.8 Å². The first kappa shape index (κ1) is 37.7. The van der Waals surface area contributed by atoms with Gasteiger partial charge in [0.2, 0.25) is 5.91 Å². The van der Waals surface area contributed by atoms with Crippen LogP contribution in [0.4, 0.5) is 11.4 Å². The number of amides is 2. The molecule has 3 aromatic rings. The molecule has 266 valence electrons. The number of benzene rings is 3. The predicted octanol–water partition coefficient (Wildman–Crippen LogP) is 1.37. The van der Waals surface area contributed by atoms with Crippen molar-refractivity contribution < 1.29 is 40.2 Å². The summed E-state index contributed by atoms with van der Waals surface area (Å²) in [7, 11) is 0. The molecule has 0 aliphatic carbocycles. The van der Waals surface area contributed by atoms with Gasteiger partial charge >= 0.3 is 0 Å². The molecular weight excluding hydrogens is 630 g/mol. The van der Waals surface area contributed by atoms with Gasteiger partial charge in [-0.2, -0.15) is 0 Å². The van der Waals surface area contributed by atoms with E-state index in [0.29, 0.717) is 50.4 Å². The van der Waals surface area contributed by atoms with E-state index in [9.17, 15) is 35.1 Å². The zero-order valence-electron chi connectivity index (χ0n) is 28.2. The van der Waals surface area contributed by atoms with E-state index < -0.39 is 43.7 Å². The highest BCUT2D eigenvalue weighted by molar-refractivity contribution is 5.96. The smallest absolute Gasteiger partial charge is 0.255 e. The second-order valence-corrected chi connectivity index (χ2v) is 12.7. The molecule has 1 fully saturated rings. The van der Waals surface area contributed by atoms with Crippen LogP contribution in [-0.2, 0) is 29.2 Å². The Morgan fingerprint density at radius 2 is 1.08 bits per heavy atom. The summed E-state index contributed by atoms with van der Waals surface area (Å²) >= 11 is 0. The molecule has 8 N–H and O–H groups in total. The Balaban J connectivity index is 1.57. The Bertz CT molecular complexity index is 1550. The monoisotopic (exact) mass is 679 g/mol. The average molecular weight is 680 g/mol. The van der Waals surface area contributed by atoms with Crippen LogP contribution in [0.15, 0.2) is 54.6 Å². The summed E-state index contributed by atoms with van der Waals surface area (Å²) in [6, 6.07) is 17.2. The minimum Gasteiger partial charge on any atom is -0.505 e. The molecule has 1 atom stereocenters. The van der Waals surface area contributed by atoms with Crippen molar-refractivity contribution in [3.63, 3.8) is 0 Å². The van der Waals surface area contributed by atoms with Gasteiger partial charge in [0.1, 0.15) is 11.5 Å². The molecule has 3 aromatic carbocycles. The molecule has 0 spiro atoms.